The molecule has 0 bridgehead atoms. The average Bonchev–Trinajstić information content (AvgIpc) is 2.43. The topological polar surface area (TPSA) is 46.3 Å². The third-order valence-electron chi connectivity index (χ3n) is 2.58. The van der Waals surface area contributed by atoms with E-state index in [1.807, 2.05) is 16.7 Å². The lowest BCUT2D eigenvalue weighted by atomic mass is 10.0. The summed E-state index contributed by atoms with van der Waals surface area (Å²) in [5, 5.41) is 0. The molecule has 1 amide bonds. The van der Waals surface area contributed by atoms with Crippen LogP contribution in [-0.4, -0.2) is 41.4 Å². The van der Waals surface area contributed by atoms with Gasteiger partial charge < -0.3 is 10.6 Å². The number of hydrogen-bond donors (Lipinski definition) is 1. The highest BCUT2D eigenvalue weighted by Gasteiger charge is 2.22. The van der Waals surface area contributed by atoms with Crippen molar-refractivity contribution in [3.8, 4) is 0 Å². The third kappa shape index (κ3) is 5.41. The summed E-state index contributed by atoms with van der Waals surface area (Å²) in [5.41, 5.74) is 5.90. The van der Waals surface area contributed by atoms with Crippen molar-refractivity contribution >= 4 is 30.1 Å². The number of amides is 1. The summed E-state index contributed by atoms with van der Waals surface area (Å²) in [6.07, 6.45) is 1.90. The van der Waals surface area contributed by atoms with E-state index >= 15 is 0 Å². The normalized spacial score (nSPS) is 18.9. The average molecular weight is 267 g/mol. The number of nitrogens with zero attached hydrogens (tertiary/aromatic N) is 1. The Hall–Kier alpha value is 0.0700. The van der Waals surface area contributed by atoms with Crippen LogP contribution in [-0.2, 0) is 4.79 Å². The molecule has 96 valence electrons. The largest absolute Gasteiger partial charge is 0.340 e. The van der Waals surface area contributed by atoms with Crippen molar-refractivity contribution in [1.82, 2.24) is 4.90 Å². The van der Waals surface area contributed by atoms with E-state index in [4.69, 9.17) is 5.73 Å². The Bertz CT molecular complexity index is 206. The lowest BCUT2D eigenvalue weighted by Gasteiger charge is -2.24. The molecule has 5 heteroatoms. The monoisotopic (exact) mass is 266 g/mol. The molecule has 1 aliphatic heterocycles. The van der Waals surface area contributed by atoms with Gasteiger partial charge in [0.1, 0.15) is 0 Å². The van der Waals surface area contributed by atoms with Crippen molar-refractivity contribution in [3.05, 3.63) is 0 Å². The van der Waals surface area contributed by atoms with Crippen LogP contribution in [0.2, 0.25) is 0 Å². The molecule has 0 unspecified atom stereocenters. The van der Waals surface area contributed by atoms with Gasteiger partial charge in [-0.25, -0.2) is 0 Å². The van der Waals surface area contributed by atoms with Crippen LogP contribution < -0.4 is 5.73 Å². The number of carbonyl (C=O) groups is 1. The van der Waals surface area contributed by atoms with E-state index in [-0.39, 0.29) is 24.4 Å². The second kappa shape index (κ2) is 8.20. The van der Waals surface area contributed by atoms with Crippen molar-refractivity contribution in [2.75, 3.05) is 24.6 Å². The minimum Gasteiger partial charge on any atom is -0.340 e. The Morgan fingerprint density at radius 1 is 1.38 bits per heavy atom. The highest BCUT2D eigenvalue weighted by Crippen LogP contribution is 2.12. The Balaban J connectivity index is 0.00000225. The van der Waals surface area contributed by atoms with Crippen LogP contribution in [0.5, 0.6) is 0 Å². The van der Waals surface area contributed by atoms with Crippen LogP contribution in [0.3, 0.4) is 0 Å². The maximum Gasteiger partial charge on any atom is 0.239 e. The minimum atomic E-state index is -0.298. The van der Waals surface area contributed by atoms with Gasteiger partial charge in [0.05, 0.1) is 6.04 Å². The number of halogens is 1. The SMILES string of the molecule is CC(C)C[C@H](N)C(=O)N1CCCSCC1.Cl. The van der Waals surface area contributed by atoms with Gasteiger partial charge in [0.2, 0.25) is 5.91 Å². The van der Waals surface area contributed by atoms with Gasteiger partial charge in [-0.1, -0.05) is 13.8 Å². The van der Waals surface area contributed by atoms with Crippen LogP contribution >= 0.6 is 24.2 Å². The number of nitrogens with two attached hydrogens (primary N) is 1. The summed E-state index contributed by atoms with van der Waals surface area (Å²) in [5.74, 6) is 2.86. The molecule has 1 saturated heterocycles. The predicted molar refractivity (Wildman–Crippen MR) is 73.2 cm³/mol. The van der Waals surface area contributed by atoms with Gasteiger partial charge in [-0.05, 0) is 24.5 Å². The predicted octanol–water partition coefficient (Wildman–Crippen LogP) is 1.75. The molecular formula is C11H23ClN2OS. The van der Waals surface area contributed by atoms with Crippen LogP contribution in [0.4, 0.5) is 0 Å². The van der Waals surface area contributed by atoms with Gasteiger partial charge in [-0.2, -0.15) is 11.8 Å². The second-order valence-corrected chi connectivity index (χ2v) is 5.75. The molecule has 3 nitrogen and oxygen atoms in total. The van der Waals surface area contributed by atoms with E-state index in [2.05, 4.69) is 13.8 Å². The van der Waals surface area contributed by atoms with Crippen molar-refractivity contribution in [1.29, 1.82) is 0 Å². The quantitative estimate of drug-likeness (QED) is 0.847. The summed E-state index contributed by atoms with van der Waals surface area (Å²) in [6, 6.07) is -0.298. The first-order valence-electron chi connectivity index (χ1n) is 5.73. The van der Waals surface area contributed by atoms with Crippen molar-refractivity contribution < 1.29 is 4.79 Å². The van der Waals surface area contributed by atoms with Crippen molar-refractivity contribution in [2.24, 2.45) is 11.7 Å². The standard InChI is InChI=1S/C11H22N2OS.ClH/c1-9(2)8-10(12)11(14)13-4-3-6-15-7-5-13;/h9-10H,3-8,12H2,1-2H3;1H/t10-;/m0./s1. The van der Waals surface area contributed by atoms with E-state index < -0.39 is 0 Å². The fourth-order valence-corrected chi connectivity index (χ4v) is 2.70. The number of carbonyl (C=O) groups excluding carboxylic acids is 1. The van der Waals surface area contributed by atoms with E-state index in [0.717, 1.165) is 31.7 Å². The molecule has 0 spiro atoms. The summed E-state index contributed by atoms with van der Waals surface area (Å²) in [7, 11) is 0. The first kappa shape index (κ1) is 16.1. The van der Waals surface area contributed by atoms with Crippen LogP contribution in [0.15, 0.2) is 0 Å². The summed E-state index contributed by atoms with van der Waals surface area (Å²) < 4.78 is 0. The maximum atomic E-state index is 12.0. The zero-order valence-electron chi connectivity index (χ0n) is 10.1. The molecule has 0 saturated carbocycles. The van der Waals surface area contributed by atoms with Crippen LogP contribution in [0.25, 0.3) is 0 Å². The summed E-state index contributed by atoms with van der Waals surface area (Å²) >= 11 is 1.93. The van der Waals surface area contributed by atoms with Gasteiger partial charge in [0.15, 0.2) is 0 Å². The van der Waals surface area contributed by atoms with Gasteiger partial charge in [-0.3, -0.25) is 4.79 Å². The lowest BCUT2D eigenvalue weighted by Crippen LogP contribution is -2.45. The maximum absolute atomic E-state index is 12.0. The smallest absolute Gasteiger partial charge is 0.239 e. The highest BCUT2D eigenvalue weighted by molar-refractivity contribution is 7.99. The molecule has 0 aromatic rings. The molecule has 16 heavy (non-hydrogen) atoms. The van der Waals surface area contributed by atoms with Crippen LogP contribution in [0.1, 0.15) is 26.7 Å². The number of thioether (sulfide) groups is 1. The molecule has 1 rings (SSSR count). The van der Waals surface area contributed by atoms with E-state index in [0.29, 0.717) is 5.92 Å². The zero-order valence-corrected chi connectivity index (χ0v) is 11.8. The molecule has 0 radical (unpaired) electrons. The first-order chi connectivity index (χ1) is 7.11. The lowest BCUT2D eigenvalue weighted by molar-refractivity contribution is -0.132. The molecule has 2 N–H and O–H groups in total. The number of hydrogen-bond acceptors (Lipinski definition) is 3. The molecule has 0 aromatic heterocycles. The van der Waals surface area contributed by atoms with Gasteiger partial charge in [0, 0.05) is 18.8 Å². The zero-order chi connectivity index (χ0) is 11.3. The molecule has 0 aromatic carbocycles. The first-order valence-corrected chi connectivity index (χ1v) is 6.89. The molecule has 1 aliphatic rings. The fourth-order valence-electron chi connectivity index (χ4n) is 1.81. The van der Waals surface area contributed by atoms with E-state index in [9.17, 15) is 4.79 Å². The van der Waals surface area contributed by atoms with Crippen molar-refractivity contribution in [2.45, 2.75) is 32.7 Å². The van der Waals surface area contributed by atoms with Crippen LogP contribution in [0, 0.1) is 5.92 Å². The summed E-state index contributed by atoms with van der Waals surface area (Å²) in [4.78, 5) is 13.9. The molecule has 0 aliphatic carbocycles. The second-order valence-electron chi connectivity index (χ2n) is 4.53. The molecule has 1 atom stereocenters. The van der Waals surface area contributed by atoms with Gasteiger partial charge in [0.25, 0.3) is 0 Å². The van der Waals surface area contributed by atoms with E-state index in [1.54, 1.807) is 0 Å². The minimum absolute atomic E-state index is 0. The molecule has 1 fully saturated rings. The number of rotatable bonds is 3. The Kier molecular flexibility index (Phi) is 8.24. The van der Waals surface area contributed by atoms with Gasteiger partial charge in [-0.15, -0.1) is 12.4 Å². The Labute approximate surface area is 109 Å². The Morgan fingerprint density at radius 2 is 2.06 bits per heavy atom. The van der Waals surface area contributed by atoms with Crippen molar-refractivity contribution in [3.63, 3.8) is 0 Å². The van der Waals surface area contributed by atoms with Gasteiger partial charge >= 0.3 is 0 Å². The summed E-state index contributed by atoms with van der Waals surface area (Å²) in [6.45, 7) is 5.96. The van der Waals surface area contributed by atoms with E-state index in [1.165, 1.54) is 5.75 Å². The third-order valence-corrected chi connectivity index (χ3v) is 3.63. The molecule has 1 heterocycles. The molecular weight excluding hydrogens is 244 g/mol. The Morgan fingerprint density at radius 3 is 2.69 bits per heavy atom. The highest BCUT2D eigenvalue weighted by atomic mass is 35.5. The fraction of sp³-hybridized carbons (Fsp3) is 0.909.